The number of ether oxygens (including phenoxy) is 1. The van der Waals surface area contributed by atoms with E-state index in [1.807, 2.05) is 38.1 Å². The summed E-state index contributed by atoms with van der Waals surface area (Å²) >= 11 is 0. The number of sulfonamides is 1. The molecule has 1 fully saturated rings. The van der Waals surface area contributed by atoms with Crippen LogP contribution in [0, 0.1) is 26.7 Å². The van der Waals surface area contributed by atoms with Crippen molar-refractivity contribution in [2.75, 3.05) is 25.5 Å². The fourth-order valence-corrected chi connectivity index (χ4v) is 6.10. The average molecular weight is 510 g/mol. The second-order valence-electron chi connectivity index (χ2n) is 9.07. The number of hydrogen-bond donors (Lipinski definition) is 1. The van der Waals surface area contributed by atoms with E-state index in [9.17, 15) is 13.2 Å². The zero-order chi connectivity index (χ0) is 25.9. The summed E-state index contributed by atoms with van der Waals surface area (Å²) in [5, 5.41) is 6.82. The fraction of sp³-hybridized carbons (Fsp3) is 0.333. The van der Waals surface area contributed by atoms with Gasteiger partial charge in [0.25, 0.3) is 0 Å². The molecule has 1 aliphatic heterocycles. The lowest BCUT2D eigenvalue weighted by Crippen LogP contribution is -2.43. The zero-order valence-corrected chi connectivity index (χ0v) is 21.8. The number of aryl methyl sites for hydroxylation is 3. The molecule has 0 bridgehead atoms. The molecule has 0 aliphatic carbocycles. The van der Waals surface area contributed by atoms with Crippen LogP contribution >= 0.6 is 0 Å². The quantitative estimate of drug-likeness (QED) is 0.490. The predicted octanol–water partition coefficient (Wildman–Crippen LogP) is 4.82. The van der Waals surface area contributed by atoms with Crippen molar-refractivity contribution >= 4 is 33.8 Å². The summed E-state index contributed by atoms with van der Waals surface area (Å²) in [4.78, 5) is 13.0. The van der Waals surface area contributed by atoms with E-state index in [4.69, 9.17) is 9.26 Å². The summed E-state index contributed by atoms with van der Waals surface area (Å²) in [5.41, 5.74) is 4.07. The molecule has 1 N–H and O–H groups in total. The lowest BCUT2D eigenvalue weighted by molar-refractivity contribution is -0.120. The zero-order valence-electron chi connectivity index (χ0n) is 20.9. The van der Waals surface area contributed by atoms with Crippen molar-refractivity contribution in [1.29, 1.82) is 0 Å². The van der Waals surface area contributed by atoms with Crippen LogP contribution in [0.5, 0.6) is 5.75 Å². The fourth-order valence-electron chi connectivity index (χ4n) is 4.33. The first kappa shape index (κ1) is 25.7. The number of carbonyl (C=O) groups excluding carboxylic acids is 1. The van der Waals surface area contributed by atoms with Gasteiger partial charge in [0.15, 0.2) is 10.7 Å². The summed E-state index contributed by atoms with van der Waals surface area (Å²) in [6.45, 7) is 6.04. The van der Waals surface area contributed by atoms with Gasteiger partial charge in [-0.25, -0.2) is 8.42 Å². The summed E-state index contributed by atoms with van der Waals surface area (Å²) in [6, 6.07) is 13.1. The minimum atomic E-state index is -3.92. The summed E-state index contributed by atoms with van der Waals surface area (Å²) in [5.74, 6) is 0.189. The molecule has 2 heterocycles. The number of carbonyl (C=O) groups is 1. The number of anilines is 1. The normalized spacial score (nSPS) is 16.8. The van der Waals surface area contributed by atoms with Crippen LogP contribution in [-0.4, -0.2) is 44.0 Å². The average Bonchev–Trinajstić information content (AvgIpc) is 3.26. The number of amides is 1. The number of benzene rings is 2. The Morgan fingerprint density at radius 2 is 1.89 bits per heavy atom. The molecule has 0 radical (unpaired) electrons. The molecule has 9 heteroatoms. The van der Waals surface area contributed by atoms with Gasteiger partial charge >= 0.3 is 0 Å². The van der Waals surface area contributed by atoms with Crippen molar-refractivity contribution in [3.63, 3.8) is 0 Å². The molecule has 1 aliphatic rings. The highest BCUT2D eigenvalue weighted by atomic mass is 32.2. The molecule has 2 aromatic carbocycles. The van der Waals surface area contributed by atoms with Crippen molar-refractivity contribution in [3.8, 4) is 5.75 Å². The first-order chi connectivity index (χ1) is 17.2. The third kappa shape index (κ3) is 5.52. The third-order valence-corrected chi connectivity index (χ3v) is 8.42. The number of hydrogen-bond acceptors (Lipinski definition) is 6. The Balaban J connectivity index is 1.53. The van der Waals surface area contributed by atoms with Gasteiger partial charge in [0, 0.05) is 18.8 Å². The minimum absolute atomic E-state index is 0.0419. The van der Waals surface area contributed by atoms with E-state index in [1.54, 1.807) is 44.4 Å². The van der Waals surface area contributed by atoms with Crippen LogP contribution < -0.4 is 10.1 Å². The number of nitrogens with zero attached hydrogens (tertiary/aromatic N) is 2. The van der Waals surface area contributed by atoms with Crippen LogP contribution in [0.1, 0.15) is 41.0 Å². The molecule has 190 valence electrons. The molecule has 36 heavy (non-hydrogen) atoms. The molecule has 1 aromatic heterocycles. The van der Waals surface area contributed by atoms with E-state index in [0.717, 1.165) is 16.7 Å². The second-order valence-corrected chi connectivity index (χ2v) is 10.9. The third-order valence-electron chi connectivity index (χ3n) is 6.39. The van der Waals surface area contributed by atoms with Crippen molar-refractivity contribution in [1.82, 2.24) is 9.46 Å². The van der Waals surface area contributed by atoms with Gasteiger partial charge in [-0.15, -0.1) is 0 Å². The summed E-state index contributed by atoms with van der Waals surface area (Å²) in [6.07, 6.45) is 4.67. The van der Waals surface area contributed by atoms with E-state index in [2.05, 4.69) is 10.5 Å². The standard InChI is InChI=1S/C27H31N3O5S/c1-18-7-8-19(2)21(16-18)9-14-25-26(20(3)29-35-25)36(32,33)30-15-5-6-22(17-30)27(31)28-23-10-12-24(34-4)13-11-23/h7-14,16,22H,5-6,15,17H2,1-4H3,(H,28,31)/b14-9+/t22-/m1/s1. The van der Waals surface area contributed by atoms with Gasteiger partial charge in [0.05, 0.1) is 13.0 Å². The van der Waals surface area contributed by atoms with Crippen LogP contribution in [0.15, 0.2) is 51.9 Å². The first-order valence-electron chi connectivity index (χ1n) is 11.9. The van der Waals surface area contributed by atoms with Crippen molar-refractivity contribution in [2.45, 2.75) is 38.5 Å². The molecular formula is C27H31N3O5S. The largest absolute Gasteiger partial charge is 0.497 e. The molecule has 0 saturated carbocycles. The van der Waals surface area contributed by atoms with Gasteiger partial charge in [-0.3, -0.25) is 4.79 Å². The first-order valence-corrected chi connectivity index (χ1v) is 13.3. The van der Waals surface area contributed by atoms with Gasteiger partial charge in [-0.2, -0.15) is 4.31 Å². The van der Waals surface area contributed by atoms with Gasteiger partial charge in [0.1, 0.15) is 11.4 Å². The summed E-state index contributed by atoms with van der Waals surface area (Å²) < 4.78 is 39.2. The topological polar surface area (TPSA) is 102 Å². The van der Waals surface area contributed by atoms with Crippen molar-refractivity contribution in [2.24, 2.45) is 5.92 Å². The lowest BCUT2D eigenvalue weighted by atomic mass is 9.99. The maximum atomic E-state index is 13.7. The molecule has 8 nitrogen and oxygen atoms in total. The molecule has 1 amide bonds. The van der Waals surface area contributed by atoms with Gasteiger partial charge in [0.2, 0.25) is 15.9 Å². The highest BCUT2D eigenvalue weighted by molar-refractivity contribution is 7.89. The Bertz CT molecular complexity index is 1380. The minimum Gasteiger partial charge on any atom is -0.497 e. The maximum absolute atomic E-state index is 13.7. The SMILES string of the molecule is COc1ccc(NC(=O)[C@@H]2CCCN(S(=O)(=O)c3c(C)noc3/C=C/c3cc(C)ccc3C)C2)cc1. The van der Waals surface area contributed by atoms with Crippen LogP contribution in [-0.2, 0) is 14.8 Å². The Morgan fingerprint density at radius 3 is 2.61 bits per heavy atom. The van der Waals surface area contributed by atoms with Gasteiger partial charge in [-0.1, -0.05) is 35.0 Å². The second kappa shape index (κ2) is 10.7. The monoisotopic (exact) mass is 509 g/mol. The molecule has 0 unspecified atom stereocenters. The van der Waals surface area contributed by atoms with Crippen LogP contribution in [0.4, 0.5) is 5.69 Å². The number of aromatic nitrogens is 1. The molecular weight excluding hydrogens is 478 g/mol. The Hall–Kier alpha value is -3.43. The van der Waals surface area contributed by atoms with E-state index >= 15 is 0 Å². The van der Waals surface area contributed by atoms with Crippen LogP contribution in [0.2, 0.25) is 0 Å². The van der Waals surface area contributed by atoms with Crippen LogP contribution in [0.25, 0.3) is 12.2 Å². The highest BCUT2D eigenvalue weighted by Crippen LogP contribution is 2.30. The molecule has 3 aromatic rings. The number of nitrogens with one attached hydrogen (secondary N) is 1. The Kier molecular flexibility index (Phi) is 7.61. The molecule has 1 saturated heterocycles. The number of piperidine rings is 1. The van der Waals surface area contributed by atoms with Crippen LogP contribution in [0.3, 0.4) is 0 Å². The van der Waals surface area contributed by atoms with E-state index < -0.39 is 15.9 Å². The van der Waals surface area contributed by atoms with Crippen molar-refractivity contribution in [3.05, 3.63) is 70.6 Å². The molecule has 4 rings (SSSR count). The van der Waals surface area contributed by atoms with E-state index in [-0.39, 0.29) is 23.1 Å². The Morgan fingerprint density at radius 1 is 1.14 bits per heavy atom. The Labute approximate surface area is 212 Å². The molecule has 1 atom stereocenters. The van der Waals surface area contributed by atoms with Gasteiger partial charge < -0.3 is 14.6 Å². The summed E-state index contributed by atoms with van der Waals surface area (Å²) in [7, 11) is -2.35. The number of methoxy groups -OCH3 is 1. The smallest absolute Gasteiger partial charge is 0.248 e. The van der Waals surface area contributed by atoms with E-state index in [0.29, 0.717) is 36.5 Å². The van der Waals surface area contributed by atoms with Crippen molar-refractivity contribution < 1.29 is 22.5 Å². The maximum Gasteiger partial charge on any atom is 0.248 e. The highest BCUT2D eigenvalue weighted by Gasteiger charge is 2.37. The number of rotatable bonds is 7. The van der Waals surface area contributed by atoms with E-state index in [1.165, 1.54) is 4.31 Å². The predicted molar refractivity (Wildman–Crippen MR) is 139 cm³/mol. The lowest BCUT2D eigenvalue weighted by Gasteiger charge is -2.31. The van der Waals surface area contributed by atoms with Gasteiger partial charge in [-0.05, 0) is 75.1 Å². The molecule has 0 spiro atoms.